The van der Waals surface area contributed by atoms with Crippen molar-refractivity contribution in [3.05, 3.63) is 36.0 Å². The van der Waals surface area contributed by atoms with Gasteiger partial charge < -0.3 is 24.6 Å². The number of aromatic nitrogens is 2. The maximum atomic E-state index is 12.3. The number of likely N-dealkylation sites (N-methyl/N-ethyl adjacent to an activating group) is 2. The van der Waals surface area contributed by atoms with Gasteiger partial charge in [-0.3, -0.25) is 4.79 Å². The van der Waals surface area contributed by atoms with E-state index >= 15 is 0 Å². The molecule has 2 heterocycles. The van der Waals surface area contributed by atoms with Crippen LogP contribution in [0.2, 0.25) is 0 Å². The number of rotatable bonds is 9. The Kier molecular flexibility index (Phi) is 9.50. The first-order valence-electron chi connectivity index (χ1n) is 12.8. The molecule has 0 radical (unpaired) electrons. The number of benzene rings is 1. The molecule has 9 nitrogen and oxygen atoms in total. The molecule has 1 aliphatic heterocycles. The van der Waals surface area contributed by atoms with Gasteiger partial charge in [0.05, 0.1) is 5.69 Å². The molecule has 1 aromatic heterocycles. The predicted molar refractivity (Wildman–Crippen MR) is 141 cm³/mol. The van der Waals surface area contributed by atoms with E-state index in [4.69, 9.17) is 14.6 Å². The summed E-state index contributed by atoms with van der Waals surface area (Å²) in [7, 11) is 3.79. The fourth-order valence-electron chi connectivity index (χ4n) is 3.95. The Labute approximate surface area is 214 Å². The Morgan fingerprint density at radius 1 is 1.17 bits per heavy atom. The van der Waals surface area contributed by atoms with E-state index in [1.54, 1.807) is 11.9 Å². The number of hydrogen-bond donors (Lipinski definition) is 1. The number of amides is 2. The van der Waals surface area contributed by atoms with Crippen molar-refractivity contribution >= 4 is 17.7 Å². The number of nitrogens with one attached hydrogen (secondary N) is 1. The molecule has 198 valence electrons. The van der Waals surface area contributed by atoms with E-state index < -0.39 is 5.60 Å². The van der Waals surface area contributed by atoms with E-state index in [0.29, 0.717) is 26.1 Å². The molecule has 0 bridgehead atoms. The molecule has 1 N–H and O–H groups in total. The number of carbonyl (C=O) groups excluding carboxylic acids is 2. The molecule has 9 heteroatoms. The summed E-state index contributed by atoms with van der Waals surface area (Å²) < 4.78 is 13.4. The van der Waals surface area contributed by atoms with Crippen molar-refractivity contribution in [1.29, 1.82) is 0 Å². The van der Waals surface area contributed by atoms with Gasteiger partial charge in [-0.05, 0) is 59.2 Å². The quantitative estimate of drug-likeness (QED) is 0.528. The fraction of sp³-hybridized carbons (Fsp3) is 0.593. The number of nitrogens with zero attached hydrogens (tertiary/aromatic N) is 4. The second-order valence-electron chi connectivity index (χ2n) is 10.4. The molecule has 3 rings (SSSR count). The van der Waals surface area contributed by atoms with Crippen LogP contribution in [-0.2, 0) is 20.8 Å². The van der Waals surface area contributed by atoms with Gasteiger partial charge in [0.15, 0.2) is 0 Å². The van der Waals surface area contributed by atoms with Crippen LogP contribution in [-0.4, -0.2) is 71.0 Å². The minimum Gasteiger partial charge on any atom is -0.444 e. The van der Waals surface area contributed by atoms with E-state index in [9.17, 15) is 9.59 Å². The molecule has 1 atom stereocenters. The van der Waals surface area contributed by atoms with Gasteiger partial charge >= 0.3 is 6.09 Å². The van der Waals surface area contributed by atoms with Crippen LogP contribution in [0.5, 0.6) is 0 Å². The Balaban J connectivity index is 1.73. The highest BCUT2D eigenvalue weighted by Gasteiger charge is 2.22. The topological polar surface area (TPSA) is 88.9 Å². The summed E-state index contributed by atoms with van der Waals surface area (Å²) in [5.74, 6) is -0.0138. The van der Waals surface area contributed by atoms with Crippen LogP contribution >= 0.6 is 0 Å². The molecule has 1 saturated heterocycles. The molecule has 2 aromatic rings. The highest BCUT2D eigenvalue weighted by atomic mass is 16.6. The molecule has 2 amide bonds. The molecule has 0 spiro atoms. The zero-order valence-corrected chi connectivity index (χ0v) is 22.5. The lowest BCUT2D eigenvalue weighted by Crippen LogP contribution is -2.38. The lowest BCUT2D eigenvalue weighted by Gasteiger charge is -2.26. The Morgan fingerprint density at radius 3 is 2.50 bits per heavy atom. The molecular weight excluding hydrogens is 458 g/mol. The first-order valence-corrected chi connectivity index (χ1v) is 12.8. The van der Waals surface area contributed by atoms with E-state index in [1.165, 1.54) is 0 Å². The molecule has 1 aliphatic rings. The van der Waals surface area contributed by atoms with Gasteiger partial charge in [0.2, 0.25) is 5.91 Å². The first kappa shape index (κ1) is 27.7. The molecule has 1 fully saturated rings. The summed E-state index contributed by atoms with van der Waals surface area (Å²) >= 11 is 0. The van der Waals surface area contributed by atoms with Gasteiger partial charge in [0, 0.05) is 62.7 Å². The van der Waals surface area contributed by atoms with Crippen molar-refractivity contribution in [2.75, 3.05) is 39.1 Å². The summed E-state index contributed by atoms with van der Waals surface area (Å²) in [5, 5.41) is 7.81. The maximum Gasteiger partial charge on any atom is 0.410 e. The summed E-state index contributed by atoms with van der Waals surface area (Å²) in [5.41, 5.74) is 3.20. The summed E-state index contributed by atoms with van der Waals surface area (Å²) in [6.07, 6.45) is 5.28. The Bertz CT molecular complexity index is 1010. The van der Waals surface area contributed by atoms with Crippen molar-refractivity contribution in [3.63, 3.8) is 0 Å². The zero-order valence-electron chi connectivity index (χ0n) is 22.5. The molecule has 0 saturated carbocycles. The average molecular weight is 500 g/mol. The number of hydrogen-bond acceptors (Lipinski definition) is 6. The summed E-state index contributed by atoms with van der Waals surface area (Å²) in [6, 6.07) is 7.78. The lowest BCUT2D eigenvalue weighted by molar-refractivity contribution is -0.115. The fourth-order valence-corrected chi connectivity index (χ4v) is 3.95. The molecule has 0 aliphatic carbocycles. The Morgan fingerprint density at radius 2 is 1.89 bits per heavy atom. The standard InChI is InChI=1S/C27H41N5O4/c1-7-23(33)28-22-13-11-20(12-14-22)25-21(19-32(29-25)24-10-8-9-17-35-24)18-30(5)15-16-31(6)26(34)36-27(2,3)4/h11-14,19,24H,7-10,15-18H2,1-6H3,(H,28,33). The maximum absolute atomic E-state index is 12.3. The second kappa shape index (κ2) is 12.4. The van der Waals surface area contributed by atoms with Crippen molar-refractivity contribution in [2.24, 2.45) is 0 Å². The van der Waals surface area contributed by atoms with Crippen molar-refractivity contribution in [2.45, 2.75) is 71.8 Å². The van der Waals surface area contributed by atoms with E-state index in [2.05, 4.69) is 16.4 Å². The average Bonchev–Trinajstić information content (AvgIpc) is 3.26. The minimum atomic E-state index is -0.517. The van der Waals surface area contributed by atoms with Gasteiger partial charge in [-0.25, -0.2) is 9.48 Å². The van der Waals surface area contributed by atoms with Crippen molar-refractivity contribution in [3.8, 4) is 11.3 Å². The number of carbonyl (C=O) groups is 2. The van der Waals surface area contributed by atoms with Crippen molar-refractivity contribution < 1.29 is 19.1 Å². The van der Waals surface area contributed by atoms with Crippen LogP contribution in [0, 0.1) is 0 Å². The van der Waals surface area contributed by atoms with Crippen LogP contribution in [0.15, 0.2) is 30.5 Å². The third-order valence-corrected chi connectivity index (χ3v) is 5.98. The second-order valence-corrected chi connectivity index (χ2v) is 10.4. The van der Waals surface area contributed by atoms with Gasteiger partial charge in [0.25, 0.3) is 0 Å². The SMILES string of the molecule is CCC(=O)Nc1ccc(-c2nn(C3CCCCO3)cc2CN(C)CCN(C)C(=O)OC(C)(C)C)cc1. The van der Waals surface area contributed by atoms with Crippen LogP contribution in [0.3, 0.4) is 0 Å². The van der Waals surface area contributed by atoms with Crippen LogP contribution in [0.1, 0.15) is 65.2 Å². The zero-order chi connectivity index (χ0) is 26.3. The normalized spacial score (nSPS) is 16.1. The third kappa shape index (κ3) is 8.06. The van der Waals surface area contributed by atoms with E-state index in [1.807, 2.05) is 63.7 Å². The molecule has 1 aromatic carbocycles. The van der Waals surface area contributed by atoms with Gasteiger partial charge in [-0.1, -0.05) is 19.1 Å². The third-order valence-electron chi connectivity index (χ3n) is 5.98. The van der Waals surface area contributed by atoms with E-state index in [0.717, 1.165) is 48.4 Å². The highest BCUT2D eigenvalue weighted by molar-refractivity contribution is 5.90. The van der Waals surface area contributed by atoms with Gasteiger partial charge in [-0.2, -0.15) is 5.10 Å². The number of ether oxygens (including phenoxy) is 2. The first-order chi connectivity index (χ1) is 17.1. The van der Waals surface area contributed by atoms with Crippen LogP contribution in [0.25, 0.3) is 11.3 Å². The van der Waals surface area contributed by atoms with Gasteiger partial charge in [0.1, 0.15) is 11.8 Å². The predicted octanol–water partition coefficient (Wildman–Crippen LogP) is 4.90. The molecule has 1 unspecified atom stereocenters. The van der Waals surface area contributed by atoms with Crippen molar-refractivity contribution in [1.82, 2.24) is 19.6 Å². The lowest BCUT2D eigenvalue weighted by atomic mass is 10.1. The van der Waals surface area contributed by atoms with Crippen LogP contribution < -0.4 is 5.32 Å². The molecule has 36 heavy (non-hydrogen) atoms. The largest absolute Gasteiger partial charge is 0.444 e. The minimum absolute atomic E-state index is 0.0138. The Hall–Kier alpha value is -2.91. The monoisotopic (exact) mass is 499 g/mol. The van der Waals surface area contributed by atoms with E-state index in [-0.39, 0.29) is 18.2 Å². The highest BCUT2D eigenvalue weighted by Crippen LogP contribution is 2.29. The number of anilines is 1. The summed E-state index contributed by atoms with van der Waals surface area (Å²) in [4.78, 5) is 27.8. The van der Waals surface area contributed by atoms with Gasteiger partial charge in [-0.15, -0.1) is 0 Å². The summed E-state index contributed by atoms with van der Waals surface area (Å²) in [6.45, 7) is 10.1. The molecular formula is C27H41N5O4. The smallest absolute Gasteiger partial charge is 0.410 e. The van der Waals surface area contributed by atoms with Crippen LogP contribution in [0.4, 0.5) is 10.5 Å².